The van der Waals surface area contributed by atoms with Gasteiger partial charge in [-0.25, -0.2) is 14.4 Å². The van der Waals surface area contributed by atoms with Crippen molar-refractivity contribution in [2.45, 2.75) is 42.9 Å². The van der Waals surface area contributed by atoms with E-state index in [0.29, 0.717) is 0 Å². The van der Waals surface area contributed by atoms with E-state index in [1.54, 1.807) is 12.1 Å². The van der Waals surface area contributed by atoms with Gasteiger partial charge in [0.25, 0.3) is 0 Å². The van der Waals surface area contributed by atoms with Crippen LogP contribution in [0.15, 0.2) is 72.4 Å². The summed E-state index contributed by atoms with van der Waals surface area (Å²) in [7, 11) is 0. The van der Waals surface area contributed by atoms with Crippen LogP contribution in [0.4, 0.5) is 26.7 Å². The number of carbonyl (C=O) groups excluding carboxylic acids is 3. The molecule has 3 heterocycles. The lowest BCUT2D eigenvalue weighted by atomic mass is 10.1. The highest BCUT2D eigenvalue weighted by Gasteiger charge is 2.66. The van der Waals surface area contributed by atoms with E-state index in [1.807, 2.05) is 0 Å². The average molecular weight is 554 g/mol. The number of hydrogen-bond acceptors (Lipinski definition) is 7. The lowest BCUT2D eigenvalue weighted by molar-refractivity contribution is -0.148. The first kappa shape index (κ1) is 26.6. The van der Waals surface area contributed by atoms with Crippen molar-refractivity contribution in [3.8, 4) is 0 Å². The number of epoxide rings is 1. The molecule has 3 aliphatic rings. The van der Waals surface area contributed by atoms with Crippen molar-refractivity contribution in [3.63, 3.8) is 0 Å². The molecule has 5 rings (SSSR count). The molecule has 3 unspecified atom stereocenters. The molecule has 2 amide bonds. The SMILES string of the molecule is O=C(OC[C@H]1OC(N2C=C(C(F)(F)F)C3OC3NC2=O)C(F)(F)[C@@H]1OC(=O)c1ccccc1)c1ccccc1. The largest absolute Gasteiger partial charge is 0.459 e. The molecule has 14 heteroatoms. The highest BCUT2D eigenvalue weighted by Crippen LogP contribution is 2.45. The monoisotopic (exact) mass is 554 g/mol. The fourth-order valence-electron chi connectivity index (χ4n) is 4.17. The summed E-state index contributed by atoms with van der Waals surface area (Å²) >= 11 is 0. The summed E-state index contributed by atoms with van der Waals surface area (Å²) in [5.74, 6) is -6.35. The Balaban J connectivity index is 1.44. The highest BCUT2D eigenvalue weighted by atomic mass is 19.4. The van der Waals surface area contributed by atoms with Gasteiger partial charge in [0.1, 0.15) is 18.8 Å². The van der Waals surface area contributed by atoms with Gasteiger partial charge in [-0.05, 0) is 24.3 Å². The Bertz CT molecular complexity index is 1290. The molecule has 0 aromatic heterocycles. The smallest absolute Gasteiger partial charge is 0.416 e. The van der Waals surface area contributed by atoms with Crippen LogP contribution in [0.2, 0.25) is 0 Å². The topological polar surface area (TPSA) is 107 Å². The van der Waals surface area contributed by atoms with E-state index in [2.05, 4.69) is 5.32 Å². The maximum atomic E-state index is 15.8. The predicted octanol–water partition coefficient (Wildman–Crippen LogP) is 3.63. The molecule has 2 aromatic rings. The van der Waals surface area contributed by atoms with Crippen LogP contribution in [0.1, 0.15) is 20.7 Å². The fourth-order valence-corrected chi connectivity index (χ4v) is 4.17. The Labute approximate surface area is 217 Å². The van der Waals surface area contributed by atoms with Crippen molar-refractivity contribution >= 4 is 18.0 Å². The van der Waals surface area contributed by atoms with Gasteiger partial charge in [-0.2, -0.15) is 22.0 Å². The van der Waals surface area contributed by atoms with Crippen LogP contribution < -0.4 is 5.32 Å². The third-order valence-electron chi connectivity index (χ3n) is 6.14. The summed E-state index contributed by atoms with van der Waals surface area (Å²) in [5, 5.41) is 2.06. The van der Waals surface area contributed by atoms with E-state index < -0.39 is 73.0 Å². The molecule has 3 aliphatic heterocycles. The molecule has 2 saturated heterocycles. The number of alkyl halides is 5. The van der Waals surface area contributed by atoms with Gasteiger partial charge >= 0.3 is 30.1 Å². The zero-order valence-electron chi connectivity index (χ0n) is 19.6. The molecule has 39 heavy (non-hydrogen) atoms. The number of fused-ring (bicyclic) bond motifs is 1. The number of halogens is 5. The van der Waals surface area contributed by atoms with Gasteiger partial charge in [0, 0.05) is 6.20 Å². The Morgan fingerprint density at radius 3 is 2.13 bits per heavy atom. The zero-order chi connectivity index (χ0) is 27.9. The van der Waals surface area contributed by atoms with Gasteiger partial charge in [-0.3, -0.25) is 4.90 Å². The second-order valence-electron chi connectivity index (χ2n) is 8.77. The van der Waals surface area contributed by atoms with E-state index in [-0.39, 0.29) is 22.2 Å². The molecule has 9 nitrogen and oxygen atoms in total. The lowest BCUT2D eigenvalue weighted by Gasteiger charge is -2.30. The maximum Gasteiger partial charge on any atom is 0.416 e. The summed E-state index contributed by atoms with van der Waals surface area (Å²) in [4.78, 5) is 37.7. The van der Waals surface area contributed by atoms with Gasteiger partial charge in [0.15, 0.2) is 12.3 Å². The molecular weight excluding hydrogens is 535 g/mol. The van der Waals surface area contributed by atoms with Crippen LogP contribution in [-0.4, -0.2) is 72.3 Å². The first-order valence-electron chi connectivity index (χ1n) is 11.5. The van der Waals surface area contributed by atoms with Gasteiger partial charge < -0.3 is 24.3 Å². The minimum Gasteiger partial charge on any atom is -0.459 e. The molecule has 0 bridgehead atoms. The lowest BCUT2D eigenvalue weighted by Crippen LogP contribution is -2.53. The summed E-state index contributed by atoms with van der Waals surface area (Å²) < 4.78 is 92.5. The molecule has 206 valence electrons. The number of hydrogen-bond donors (Lipinski definition) is 1. The number of ether oxygens (including phenoxy) is 4. The van der Waals surface area contributed by atoms with Gasteiger partial charge in [0.05, 0.1) is 16.7 Å². The molecule has 2 aromatic carbocycles. The number of esters is 2. The Morgan fingerprint density at radius 1 is 0.949 bits per heavy atom. The Hall–Kier alpha value is -4.04. The van der Waals surface area contributed by atoms with E-state index >= 15 is 8.78 Å². The highest BCUT2D eigenvalue weighted by molar-refractivity contribution is 5.90. The van der Waals surface area contributed by atoms with Gasteiger partial charge in [-0.1, -0.05) is 36.4 Å². The number of rotatable bonds is 6. The van der Waals surface area contributed by atoms with Gasteiger partial charge in [0.2, 0.25) is 6.23 Å². The third kappa shape index (κ3) is 5.29. The van der Waals surface area contributed by atoms with E-state index in [1.165, 1.54) is 48.5 Å². The third-order valence-corrected chi connectivity index (χ3v) is 6.14. The van der Waals surface area contributed by atoms with Crippen LogP contribution in [0.3, 0.4) is 0 Å². The maximum absolute atomic E-state index is 15.8. The van der Waals surface area contributed by atoms with Crippen molar-refractivity contribution in [3.05, 3.63) is 83.6 Å². The predicted molar refractivity (Wildman–Crippen MR) is 119 cm³/mol. The van der Waals surface area contributed by atoms with Crippen molar-refractivity contribution in [2.24, 2.45) is 0 Å². The van der Waals surface area contributed by atoms with Crippen LogP contribution in [0.5, 0.6) is 0 Å². The van der Waals surface area contributed by atoms with Crippen LogP contribution in [0, 0.1) is 0 Å². The molecule has 0 aliphatic carbocycles. The van der Waals surface area contributed by atoms with E-state index in [0.717, 1.165) is 0 Å². The molecule has 2 fully saturated rings. The molecular formula is C25H19F5N2O7. The number of nitrogens with one attached hydrogen (secondary N) is 1. The standard InChI is InChI=1S/C25H19F5N2O7/c26-24(27)18(39-21(34)14-9-5-2-6-10-14)16(12-36-20(33)13-7-3-1-4-8-13)37-22(24)32-11-15(25(28,29)30)17-19(38-17)31-23(32)35/h1-11,16-19,22H,12H2,(H,31,35)/t16-,17?,18-,19?,22?/m1/s1. The quantitative estimate of drug-likeness (QED) is 0.330. The van der Waals surface area contributed by atoms with Crippen LogP contribution in [0.25, 0.3) is 0 Å². The van der Waals surface area contributed by atoms with Crippen LogP contribution in [-0.2, 0) is 18.9 Å². The number of carbonyl (C=O) groups is 3. The van der Waals surface area contributed by atoms with Crippen molar-refractivity contribution in [1.82, 2.24) is 10.2 Å². The minimum absolute atomic E-state index is 0.0424. The summed E-state index contributed by atoms with van der Waals surface area (Å²) in [6, 6.07) is 13.2. The number of nitrogens with zero attached hydrogens (tertiary/aromatic N) is 1. The molecule has 0 saturated carbocycles. The summed E-state index contributed by atoms with van der Waals surface area (Å²) in [6.07, 6.45) is -14.7. The first-order valence-corrected chi connectivity index (χ1v) is 11.5. The van der Waals surface area contributed by atoms with Crippen molar-refractivity contribution in [2.75, 3.05) is 6.61 Å². The number of amides is 2. The second kappa shape index (κ2) is 9.93. The summed E-state index contributed by atoms with van der Waals surface area (Å²) in [5.41, 5.74) is -1.40. The molecule has 0 spiro atoms. The van der Waals surface area contributed by atoms with Gasteiger partial charge in [-0.15, -0.1) is 0 Å². The van der Waals surface area contributed by atoms with Crippen LogP contribution >= 0.6 is 0 Å². The summed E-state index contributed by atoms with van der Waals surface area (Å²) in [6.45, 7) is -0.869. The first-order chi connectivity index (χ1) is 18.5. The minimum atomic E-state index is -5.01. The molecule has 0 radical (unpaired) electrons. The molecule has 5 atom stereocenters. The number of benzene rings is 2. The van der Waals surface area contributed by atoms with E-state index in [4.69, 9.17) is 18.9 Å². The normalized spacial score (nSPS) is 27.5. The number of urea groups is 1. The van der Waals surface area contributed by atoms with Crippen molar-refractivity contribution < 1.29 is 55.3 Å². The second-order valence-corrected chi connectivity index (χ2v) is 8.77. The Morgan fingerprint density at radius 2 is 1.54 bits per heavy atom. The zero-order valence-corrected chi connectivity index (χ0v) is 19.6. The van der Waals surface area contributed by atoms with Crippen molar-refractivity contribution in [1.29, 1.82) is 0 Å². The molecule has 1 N–H and O–H groups in total. The average Bonchev–Trinajstić information content (AvgIpc) is 3.62. The Kier molecular flexibility index (Phi) is 6.76. The van der Waals surface area contributed by atoms with E-state index in [9.17, 15) is 27.6 Å². The fraction of sp³-hybridized carbons (Fsp3) is 0.320.